The predicted octanol–water partition coefficient (Wildman–Crippen LogP) is 2.96. The Hall–Kier alpha value is -1.39. The van der Waals surface area contributed by atoms with Crippen molar-refractivity contribution < 1.29 is 14.6 Å². The highest BCUT2D eigenvalue weighted by Crippen LogP contribution is 2.35. The molecule has 0 aromatic heterocycles. The molecule has 0 saturated heterocycles. The van der Waals surface area contributed by atoms with Crippen LogP contribution >= 0.6 is 0 Å². The molecule has 2 unspecified atom stereocenters. The molecule has 2 aliphatic carbocycles. The Balaban J connectivity index is 1.69. The molecule has 0 radical (unpaired) electrons. The van der Waals surface area contributed by atoms with Crippen LogP contribution in [0.15, 0.2) is 30.3 Å². The number of ether oxygens (including phenoxy) is 1. The summed E-state index contributed by atoms with van der Waals surface area (Å²) < 4.78 is 6.16. The Morgan fingerprint density at radius 1 is 1.17 bits per heavy atom. The van der Waals surface area contributed by atoms with Crippen molar-refractivity contribution in [3.05, 3.63) is 35.9 Å². The SMILES string of the molecule is O=C(NC(CCO)C1CC1)C(OC1CCCC1)c1ccccc1. The van der Waals surface area contributed by atoms with E-state index in [0.29, 0.717) is 12.3 Å². The molecule has 0 bridgehead atoms. The van der Waals surface area contributed by atoms with E-state index < -0.39 is 6.10 Å². The second kappa shape index (κ2) is 7.93. The van der Waals surface area contributed by atoms with E-state index in [4.69, 9.17) is 4.74 Å². The van der Waals surface area contributed by atoms with E-state index in [-0.39, 0.29) is 24.7 Å². The number of nitrogens with one attached hydrogen (secondary N) is 1. The number of hydrogen-bond acceptors (Lipinski definition) is 3. The standard InChI is InChI=1S/C19H27NO3/c21-13-12-17(14-10-11-14)20-19(22)18(15-6-2-1-3-7-15)23-16-8-4-5-9-16/h1-3,6-7,14,16-18,21H,4-5,8-13H2,(H,20,22). The van der Waals surface area contributed by atoms with E-state index in [0.717, 1.165) is 31.2 Å². The largest absolute Gasteiger partial charge is 0.396 e. The van der Waals surface area contributed by atoms with Crippen LogP contribution in [0.4, 0.5) is 0 Å². The lowest BCUT2D eigenvalue weighted by molar-refractivity contribution is -0.138. The Bertz CT molecular complexity index is 495. The van der Waals surface area contributed by atoms with E-state index in [1.165, 1.54) is 12.8 Å². The van der Waals surface area contributed by atoms with Gasteiger partial charge in [-0.25, -0.2) is 0 Å². The van der Waals surface area contributed by atoms with E-state index >= 15 is 0 Å². The molecule has 126 valence electrons. The highest BCUT2D eigenvalue weighted by Gasteiger charge is 2.34. The van der Waals surface area contributed by atoms with Crippen molar-refractivity contribution in [2.24, 2.45) is 5.92 Å². The van der Waals surface area contributed by atoms with Gasteiger partial charge in [-0.2, -0.15) is 0 Å². The van der Waals surface area contributed by atoms with Crippen molar-refractivity contribution in [1.82, 2.24) is 5.32 Å². The van der Waals surface area contributed by atoms with Crippen molar-refractivity contribution >= 4 is 5.91 Å². The first-order chi connectivity index (χ1) is 11.3. The molecule has 0 spiro atoms. The topological polar surface area (TPSA) is 58.6 Å². The van der Waals surface area contributed by atoms with Crippen LogP contribution in [0.1, 0.15) is 56.6 Å². The minimum absolute atomic E-state index is 0.0616. The third kappa shape index (κ3) is 4.55. The monoisotopic (exact) mass is 317 g/mol. The van der Waals surface area contributed by atoms with Crippen LogP contribution in [-0.4, -0.2) is 29.8 Å². The van der Waals surface area contributed by atoms with E-state index in [1.807, 2.05) is 30.3 Å². The molecular weight excluding hydrogens is 290 g/mol. The van der Waals surface area contributed by atoms with Crippen LogP contribution in [0.5, 0.6) is 0 Å². The number of carbonyl (C=O) groups excluding carboxylic acids is 1. The minimum atomic E-state index is -0.542. The van der Waals surface area contributed by atoms with Crippen LogP contribution in [-0.2, 0) is 9.53 Å². The average Bonchev–Trinajstić information content (AvgIpc) is 3.29. The van der Waals surface area contributed by atoms with Gasteiger partial charge in [0.15, 0.2) is 6.10 Å². The molecule has 2 saturated carbocycles. The number of amides is 1. The number of hydrogen-bond donors (Lipinski definition) is 2. The zero-order valence-electron chi connectivity index (χ0n) is 13.6. The summed E-state index contributed by atoms with van der Waals surface area (Å²) in [7, 11) is 0. The van der Waals surface area contributed by atoms with Crippen molar-refractivity contribution in [3.8, 4) is 0 Å². The van der Waals surface area contributed by atoms with Gasteiger partial charge in [0, 0.05) is 12.6 Å². The van der Waals surface area contributed by atoms with Gasteiger partial charge in [-0.1, -0.05) is 43.2 Å². The highest BCUT2D eigenvalue weighted by atomic mass is 16.5. The Morgan fingerprint density at radius 3 is 2.48 bits per heavy atom. The number of rotatable bonds is 8. The maximum Gasteiger partial charge on any atom is 0.254 e. The Kier molecular flexibility index (Phi) is 5.68. The normalized spacial score (nSPS) is 21.1. The summed E-state index contributed by atoms with van der Waals surface area (Å²) in [6, 6.07) is 9.83. The summed E-state index contributed by atoms with van der Waals surface area (Å²) in [5, 5.41) is 12.4. The maximum absolute atomic E-state index is 12.8. The summed E-state index contributed by atoms with van der Waals surface area (Å²) in [4.78, 5) is 12.8. The van der Waals surface area contributed by atoms with Crippen molar-refractivity contribution in [1.29, 1.82) is 0 Å². The predicted molar refractivity (Wildman–Crippen MR) is 88.9 cm³/mol. The van der Waals surface area contributed by atoms with Gasteiger partial charge in [-0.05, 0) is 43.6 Å². The third-order valence-electron chi connectivity index (χ3n) is 4.93. The molecule has 0 aliphatic heterocycles. The lowest BCUT2D eigenvalue weighted by Gasteiger charge is -2.25. The van der Waals surface area contributed by atoms with Crippen LogP contribution < -0.4 is 5.32 Å². The molecule has 1 aromatic carbocycles. The number of carbonyl (C=O) groups is 1. The van der Waals surface area contributed by atoms with Gasteiger partial charge in [0.25, 0.3) is 5.91 Å². The molecule has 1 aromatic rings. The van der Waals surface area contributed by atoms with E-state index in [2.05, 4.69) is 5.32 Å². The van der Waals surface area contributed by atoms with Crippen LogP contribution in [0.3, 0.4) is 0 Å². The van der Waals surface area contributed by atoms with Crippen LogP contribution in [0.2, 0.25) is 0 Å². The van der Waals surface area contributed by atoms with Crippen molar-refractivity contribution in [2.45, 2.75) is 63.2 Å². The lowest BCUT2D eigenvalue weighted by atomic mass is 10.1. The van der Waals surface area contributed by atoms with Gasteiger partial charge in [-0.15, -0.1) is 0 Å². The van der Waals surface area contributed by atoms with Gasteiger partial charge in [0.1, 0.15) is 0 Å². The summed E-state index contributed by atoms with van der Waals surface area (Å²) in [6.07, 6.45) is 7.00. The summed E-state index contributed by atoms with van der Waals surface area (Å²) >= 11 is 0. The Labute approximate surface area is 138 Å². The molecule has 2 N–H and O–H groups in total. The van der Waals surface area contributed by atoms with Crippen molar-refractivity contribution in [2.75, 3.05) is 6.61 Å². The quantitative estimate of drug-likeness (QED) is 0.775. The molecule has 4 heteroatoms. The fourth-order valence-electron chi connectivity index (χ4n) is 3.46. The highest BCUT2D eigenvalue weighted by molar-refractivity contribution is 5.82. The molecule has 1 amide bonds. The fraction of sp³-hybridized carbons (Fsp3) is 0.632. The van der Waals surface area contributed by atoms with Gasteiger partial charge >= 0.3 is 0 Å². The summed E-state index contributed by atoms with van der Waals surface area (Å²) in [5.41, 5.74) is 0.912. The molecule has 3 rings (SSSR count). The molecule has 0 heterocycles. The van der Waals surface area contributed by atoms with E-state index in [9.17, 15) is 9.90 Å². The second-order valence-electron chi connectivity index (χ2n) is 6.80. The van der Waals surface area contributed by atoms with Crippen LogP contribution in [0, 0.1) is 5.92 Å². The number of aliphatic hydroxyl groups is 1. The van der Waals surface area contributed by atoms with E-state index in [1.54, 1.807) is 0 Å². The van der Waals surface area contributed by atoms with Gasteiger partial charge in [-0.3, -0.25) is 4.79 Å². The van der Waals surface area contributed by atoms with Crippen molar-refractivity contribution in [3.63, 3.8) is 0 Å². The maximum atomic E-state index is 12.8. The number of benzene rings is 1. The zero-order chi connectivity index (χ0) is 16.1. The molecule has 2 aliphatic rings. The molecule has 4 nitrogen and oxygen atoms in total. The fourth-order valence-corrected chi connectivity index (χ4v) is 3.46. The molecule has 23 heavy (non-hydrogen) atoms. The zero-order valence-corrected chi connectivity index (χ0v) is 13.6. The number of aliphatic hydroxyl groups excluding tert-OH is 1. The molecular formula is C19H27NO3. The first-order valence-electron chi connectivity index (χ1n) is 8.89. The smallest absolute Gasteiger partial charge is 0.254 e. The minimum Gasteiger partial charge on any atom is -0.396 e. The molecule has 2 fully saturated rings. The first kappa shape index (κ1) is 16.5. The summed E-state index contributed by atoms with van der Waals surface area (Å²) in [6.45, 7) is 0.112. The third-order valence-corrected chi connectivity index (χ3v) is 4.93. The van der Waals surface area contributed by atoms with Gasteiger partial charge in [0.2, 0.25) is 0 Å². The second-order valence-corrected chi connectivity index (χ2v) is 6.80. The summed E-state index contributed by atoms with van der Waals surface area (Å²) in [5.74, 6) is 0.461. The Morgan fingerprint density at radius 2 is 1.87 bits per heavy atom. The van der Waals surface area contributed by atoms with Crippen LogP contribution in [0.25, 0.3) is 0 Å². The lowest BCUT2D eigenvalue weighted by Crippen LogP contribution is -2.41. The van der Waals surface area contributed by atoms with Gasteiger partial charge < -0.3 is 15.2 Å². The first-order valence-corrected chi connectivity index (χ1v) is 8.89. The average molecular weight is 317 g/mol. The van der Waals surface area contributed by atoms with Gasteiger partial charge in [0.05, 0.1) is 6.10 Å². The molecule has 2 atom stereocenters.